The number of halogens is 1. The molecule has 0 nitrogen and oxygen atoms in total. The van der Waals surface area contributed by atoms with Gasteiger partial charge in [0.15, 0.2) is 0 Å². The maximum Gasteiger partial charge on any atom is 0.0478 e. The first-order valence-electron chi connectivity index (χ1n) is 4.25. The molecule has 0 N–H and O–H groups in total. The molecule has 64 valence electrons. The maximum atomic E-state index is 5.95. The Balaban J connectivity index is 2.68. The van der Waals surface area contributed by atoms with Gasteiger partial charge in [-0.15, -0.1) is 0 Å². The maximum absolute atomic E-state index is 5.95. The second-order valence-electron chi connectivity index (χ2n) is 2.71. The van der Waals surface area contributed by atoms with Crippen LogP contribution in [0.15, 0.2) is 30.3 Å². The standard InChI is InChI=1S/C11H13Cl/c1-2-3-4-7-10-8-5-6-9-11(10)12/h4-9H,2-3H2,1H3/b7-4+. The second kappa shape index (κ2) is 5.00. The monoisotopic (exact) mass is 180 g/mol. The Morgan fingerprint density at radius 2 is 2.08 bits per heavy atom. The van der Waals surface area contributed by atoms with Crippen LogP contribution in [0.1, 0.15) is 25.3 Å². The van der Waals surface area contributed by atoms with E-state index in [2.05, 4.69) is 19.1 Å². The highest BCUT2D eigenvalue weighted by atomic mass is 35.5. The summed E-state index contributed by atoms with van der Waals surface area (Å²) in [6, 6.07) is 7.87. The fraction of sp³-hybridized carbons (Fsp3) is 0.273. The van der Waals surface area contributed by atoms with Crippen LogP contribution in [-0.4, -0.2) is 0 Å². The number of benzene rings is 1. The van der Waals surface area contributed by atoms with Gasteiger partial charge in [-0.05, 0) is 18.1 Å². The molecule has 12 heavy (non-hydrogen) atoms. The van der Waals surface area contributed by atoms with Crippen molar-refractivity contribution >= 4 is 17.7 Å². The zero-order valence-electron chi connectivity index (χ0n) is 7.26. The van der Waals surface area contributed by atoms with Gasteiger partial charge in [-0.1, -0.05) is 55.3 Å². The molecule has 1 aromatic carbocycles. The van der Waals surface area contributed by atoms with E-state index in [0.717, 1.165) is 17.0 Å². The number of hydrogen-bond donors (Lipinski definition) is 0. The molecule has 0 atom stereocenters. The van der Waals surface area contributed by atoms with E-state index in [9.17, 15) is 0 Å². The van der Waals surface area contributed by atoms with Crippen LogP contribution in [0.3, 0.4) is 0 Å². The van der Waals surface area contributed by atoms with E-state index in [-0.39, 0.29) is 0 Å². The van der Waals surface area contributed by atoms with E-state index in [1.165, 1.54) is 6.42 Å². The molecule has 0 aliphatic heterocycles. The van der Waals surface area contributed by atoms with E-state index in [1.807, 2.05) is 24.3 Å². The van der Waals surface area contributed by atoms with Crippen molar-refractivity contribution in [1.82, 2.24) is 0 Å². The molecule has 0 radical (unpaired) electrons. The first-order valence-corrected chi connectivity index (χ1v) is 4.63. The summed E-state index contributed by atoms with van der Waals surface area (Å²) >= 11 is 5.95. The Hall–Kier alpha value is -0.750. The highest BCUT2D eigenvalue weighted by molar-refractivity contribution is 6.32. The molecule has 0 unspecified atom stereocenters. The Morgan fingerprint density at radius 1 is 1.33 bits per heavy atom. The number of rotatable bonds is 3. The molecular formula is C11H13Cl. The lowest BCUT2D eigenvalue weighted by Crippen LogP contribution is -1.72. The lowest BCUT2D eigenvalue weighted by Gasteiger charge is -1.95. The third-order valence-electron chi connectivity index (χ3n) is 1.66. The summed E-state index contributed by atoms with van der Waals surface area (Å²) in [5.74, 6) is 0. The molecule has 0 amide bonds. The number of allylic oxidation sites excluding steroid dienone is 1. The Morgan fingerprint density at radius 3 is 2.75 bits per heavy atom. The van der Waals surface area contributed by atoms with Crippen molar-refractivity contribution in [2.75, 3.05) is 0 Å². The van der Waals surface area contributed by atoms with E-state index < -0.39 is 0 Å². The van der Waals surface area contributed by atoms with Crippen LogP contribution in [0, 0.1) is 0 Å². The Bertz CT molecular complexity index is 263. The third-order valence-corrected chi connectivity index (χ3v) is 2.00. The van der Waals surface area contributed by atoms with Gasteiger partial charge in [0.05, 0.1) is 0 Å². The van der Waals surface area contributed by atoms with Gasteiger partial charge in [-0.2, -0.15) is 0 Å². The molecule has 1 heteroatoms. The summed E-state index contributed by atoms with van der Waals surface area (Å²) in [5, 5.41) is 0.824. The minimum absolute atomic E-state index is 0.824. The van der Waals surface area contributed by atoms with Crippen molar-refractivity contribution in [2.45, 2.75) is 19.8 Å². The van der Waals surface area contributed by atoms with Crippen molar-refractivity contribution in [3.63, 3.8) is 0 Å². The smallest absolute Gasteiger partial charge is 0.0478 e. The molecule has 0 aliphatic rings. The zero-order valence-corrected chi connectivity index (χ0v) is 8.01. The zero-order chi connectivity index (χ0) is 8.81. The SMILES string of the molecule is CCC/C=C/c1ccccc1Cl. The van der Waals surface area contributed by atoms with Crippen LogP contribution in [0.2, 0.25) is 5.02 Å². The number of hydrogen-bond acceptors (Lipinski definition) is 0. The topological polar surface area (TPSA) is 0 Å². The fourth-order valence-corrected chi connectivity index (χ4v) is 1.19. The van der Waals surface area contributed by atoms with Gasteiger partial charge < -0.3 is 0 Å². The van der Waals surface area contributed by atoms with E-state index in [1.54, 1.807) is 0 Å². The fourth-order valence-electron chi connectivity index (χ4n) is 0.987. The van der Waals surface area contributed by atoms with Crippen molar-refractivity contribution in [3.05, 3.63) is 40.9 Å². The predicted molar refractivity (Wildman–Crippen MR) is 55.4 cm³/mol. The molecule has 1 rings (SSSR count). The van der Waals surface area contributed by atoms with Crippen LogP contribution in [-0.2, 0) is 0 Å². The van der Waals surface area contributed by atoms with Crippen molar-refractivity contribution in [2.24, 2.45) is 0 Å². The molecule has 0 fully saturated rings. The molecule has 0 saturated carbocycles. The van der Waals surface area contributed by atoms with Gasteiger partial charge in [0.25, 0.3) is 0 Å². The first-order chi connectivity index (χ1) is 5.84. The van der Waals surface area contributed by atoms with Gasteiger partial charge >= 0.3 is 0 Å². The molecule has 0 aliphatic carbocycles. The summed E-state index contributed by atoms with van der Waals surface area (Å²) in [5.41, 5.74) is 1.10. The minimum Gasteiger partial charge on any atom is -0.0839 e. The molecule has 0 bridgehead atoms. The van der Waals surface area contributed by atoms with Crippen molar-refractivity contribution < 1.29 is 0 Å². The summed E-state index contributed by atoms with van der Waals surface area (Å²) in [6.07, 6.45) is 6.53. The molecular weight excluding hydrogens is 168 g/mol. The van der Waals surface area contributed by atoms with Crippen LogP contribution in [0.5, 0.6) is 0 Å². The van der Waals surface area contributed by atoms with Gasteiger partial charge in [0.1, 0.15) is 0 Å². The first kappa shape index (κ1) is 9.34. The summed E-state index contributed by atoms with van der Waals surface area (Å²) in [6.45, 7) is 2.16. The van der Waals surface area contributed by atoms with Crippen LogP contribution in [0.4, 0.5) is 0 Å². The summed E-state index contributed by atoms with van der Waals surface area (Å²) in [7, 11) is 0. The normalized spacial score (nSPS) is 10.8. The van der Waals surface area contributed by atoms with Gasteiger partial charge in [0, 0.05) is 5.02 Å². The largest absolute Gasteiger partial charge is 0.0839 e. The minimum atomic E-state index is 0.824. The van der Waals surface area contributed by atoms with E-state index in [4.69, 9.17) is 11.6 Å². The van der Waals surface area contributed by atoms with E-state index in [0.29, 0.717) is 0 Å². The van der Waals surface area contributed by atoms with Crippen molar-refractivity contribution in [1.29, 1.82) is 0 Å². The quantitative estimate of drug-likeness (QED) is 0.656. The average molecular weight is 181 g/mol. The third kappa shape index (κ3) is 2.71. The lowest BCUT2D eigenvalue weighted by molar-refractivity contribution is 0.962. The van der Waals surface area contributed by atoms with Crippen LogP contribution >= 0.6 is 11.6 Å². The Kier molecular flexibility index (Phi) is 3.89. The molecule has 0 heterocycles. The second-order valence-corrected chi connectivity index (χ2v) is 3.12. The number of unbranched alkanes of at least 4 members (excludes halogenated alkanes) is 1. The molecule has 0 spiro atoms. The van der Waals surface area contributed by atoms with Crippen LogP contribution in [0.25, 0.3) is 6.08 Å². The lowest BCUT2D eigenvalue weighted by atomic mass is 10.2. The average Bonchev–Trinajstić information content (AvgIpc) is 2.09. The predicted octanol–water partition coefficient (Wildman–Crippen LogP) is 4.15. The summed E-state index contributed by atoms with van der Waals surface area (Å²) in [4.78, 5) is 0. The molecule has 0 saturated heterocycles. The highest BCUT2D eigenvalue weighted by Gasteiger charge is 1.91. The van der Waals surface area contributed by atoms with Gasteiger partial charge in [-0.3, -0.25) is 0 Å². The Labute approximate surface area is 78.9 Å². The van der Waals surface area contributed by atoms with Crippen molar-refractivity contribution in [3.8, 4) is 0 Å². The molecule has 1 aromatic rings. The summed E-state index contributed by atoms with van der Waals surface area (Å²) < 4.78 is 0. The van der Waals surface area contributed by atoms with Crippen LogP contribution < -0.4 is 0 Å². The highest BCUT2D eigenvalue weighted by Crippen LogP contribution is 2.16. The van der Waals surface area contributed by atoms with Gasteiger partial charge in [0.2, 0.25) is 0 Å². The molecule has 0 aromatic heterocycles. The van der Waals surface area contributed by atoms with E-state index >= 15 is 0 Å². The van der Waals surface area contributed by atoms with Gasteiger partial charge in [-0.25, -0.2) is 0 Å².